The molecular weight excluding hydrogens is 222 g/mol. The molecule has 17 heavy (non-hydrogen) atoms. The normalized spacial score (nSPS) is 29.1. The fourth-order valence-electron chi connectivity index (χ4n) is 3.02. The van der Waals surface area contributed by atoms with Crippen molar-refractivity contribution in [1.82, 2.24) is 4.57 Å². The van der Waals surface area contributed by atoms with Gasteiger partial charge in [-0.15, -0.1) is 0 Å². The van der Waals surface area contributed by atoms with Crippen LogP contribution >= 0.6 is 0 Å². The molecule has 0 radical (unpaired) electrons. The van der Waals surface area contributed by atoms with Crippen LogP contribution in [-0.4, -0.2) is 26.9 Å². The van der Waals surface area contributed by atoms with Gasteiger partial charge < -0.3 is 4.57 Å². The van der Waals surface area contributed by atoms with Gasteiger partial charge in [-0.3, -0.25) is 0 Å². The SMILES string of the molecule is C/C(=C/C1=CCC2CC1C2)C[Si](C)(C)N(C)C. The minimum absolute atomic E-state index is 0.910. The largest absolute Gasteiger partial charge is 0.329 e. The number of fused-ring (bicyclic) bond motifs is 1. The van der Waals surface area contributed by atoms with Gasteiger partial charge in [0, 0.05) is 0 Å². The van der Waals surface area contributed by atoms with E-state index in [-0.39, 0.29) is 0 Å². The van der Waals surface area contributed by atoms with Crippen molar-refractivity contribution in [1.29, 1.82) is 0 Å². The highest BCUT2D eigenvalue weighted by Crippen LogP contribution is 2.46. The van der Waals surface area contributed by atoms with Gasteiger partial charge in [0.2, 0.25) is 0 Å². The van der Waals surface area contributed by atoms with E-state index in [9.17, 15) is 0 Å². The van der Waals surface area contributed by atoms with Crippen LogP contribution in [0.15, 0.2) is 23.3 Å². The molecule has 0 saturated heterocycles. The van der Waals surface area contributed by atoms with Crippen LogP contribution in [0.4, 0.5) is 0 Å². The van der Waals surface area contributed by atoms with Crippen LogP contribution in [-0.2, 0) is 0 Å². The van der Waals surface area contributed by atoms with Crippen molar-refractivity contribution in [2.24, 2.45) is 11.8 Å². The van der Waals surface area contributed by atoms with Crippen LogP contribution in [0.25, 0.3) is 0 Å². The van der Waals surface area contributed by atoms with E-state index >= 15 is 0 Å². The average molecular weight is 249 g/mol. The molecule has 1 saturated carbocycles. The van der Waals surface area contributed by atoms with Crippen LogP contribution in [0.3, 0.4) is 0 Å². The molecule has 0 unspecified atom stereocenters. The monoisotopic (exact) mass is 249 g/mol. The summed E-state index contributed by atoms with van der Waals surface area (Å²) < 4.78 is 2.46. The van der Waals surface area contributed by atoms with E-state index in [0.717, 1.165) is 11.8 Å². The highest BCUT2D eigenvalue weighted by Gasteiger charge is 2.34. The molecule has 0 N–H and O–H groups in total. The van der Waals surface area contributed by atoms with Gasteiger partial charge in [0.15, 0.2) is 0 Å². The molecule has 2 heteroatoms. The highest BCUT2D eigenvalue weighted by atomic mass is 28.3. The van der Waals surface area contributed by atoms with E-state index in [1.165, 1.54) is 25.3 Å². The van der Waals surface area contributed by atoms with Crippen molar-refractivity contribution < 1.29 is 0 Å². The molecule has 1 nitrogen and oxygen atoms in total. The van der Waals surface area contributed by atoms with Crippen molar-refractivity contribution in [2.45, 2.75) is 45.3 Å². The molecule has 1 fully saturated rings. The first-order valence-corrected chi connectivity index (χ1v) is 10.1. The quantitative estimate of drug-likeness (QED) is 0.679. The van der Waals surface area contributed by atoms with Gasteiger partial charge in [-0.25, -0.2) is 0 Å². The lowest BCUT2D eigenvalue weighted by Crippen LogP contribution is -2.43. The molecule has 96 valence electrons. The smallest absolute Gasteiger partial charge is 0.125 e. The van der Waals surface area contributed by atoms with E-state index in [1.807, 2.05) is 0 Å². The van der Waals surface area contributed by atoms with Crippen LogP contribution < -0.4 is 0 Å². The van der Waals surface area contributed by atoms with E-state index < -0.39 is 8.24 Å². The fraction of sp³-hybridized carbons (Fsp3) is 0.733. The standard InChI is InChI=1S/C15H27NSi/c1-12(11-17(4,5)16(2)3)8-14-7-6-13-9-15(14)10-13/h7-8,13,15H,6,9-11H2,1-5H3/b12-8-. The number of hydrogen-bond donors (Lipinski definition) is 0. The Kier molecular flexibility index (Phi) is 3.65. The number of rotatable bonds is 4. The predicted molar refractivity (Wildman–Crippen MR) is 78.6 cm³/mol. The number of nitrogens with zero attached hydrogens (tertiary/aromatic N) is 1. The molecular formula is C15H27NSi. The lowest BCUT2D eigenvalue weighted by molar-refractivity contribution is 0.214. The Balaban J connectivity index is 2.00. The minimum atomic E-state index is -1.20. The number of hydrogen-bond acceptors (Lipinski definition) is 1. The Hall–Kier alpha value is -0.343. The highest BCUT2D eigenvalue weighted by molar-refractivity contribution is 6.75. The second-order valence-electron chi connectivity index (χ2n) is 6.85. The molecule has 3 aliphatic carbocycles. The van der Waals surface area contributed by atoms with Gasteiger partial charge in [-0.05, 0) is 63.7 Å². The summed E-state index contributed by atoms with van der Waals surface area (Å²) in [6, 6.07) is 1.30. The van der Waals surface area contributed by atoms with Gasteiger partial charge in [0.1, 0.15) is 8.24 Å². The maximum Gasteiger partial charge on any atom is 0.125 e. The van der Waals surface area contributed by atoms with Gasteiger partial charge >= 0.3 is 0 Å². The molecule has 0 atom stereocenters. The molecule has 2 bridgehead atoms. The molecule has 0 heterocycles. The van der Waals surface area contributed by atoms with Crippen molar-refractivity contribution in [3.8, 4) is 0 Å². The Bertz CT molecular complexity index is 346. The Morgan fingerprint density at radius 2 is 2.06 bits per heavy atom. The van der Waals surface area contributed by atoms with Crippen molar-refractivity contribution >= 4 is 8.24 Å². The predicted octanol–water partition coefficient (Wildman–Crippen LogP) is 4.06. The summed E-state index contributed by atoms with van der Waals surface area (Å²) in [5.41, 5.74) is 3.24. The van der Waals surface area contributed by atoms with Gasteiger partial charge in [-0.2, -0.15) is 0 Å². The molecule has 0 amide bonds. The molecule has 0 aromatic carbocycles. The summed E-state index contributed by atoms with van der Waals surface area (Å²) in [5.74, 6) is 1.94. The maximum absolute atomic E-state index is 2.50. The van der Waals surface area contributed by atoms with Crippen LogP contribution in [0, 0.1) is 11.8 Å². The van der Waals surface area contributed by atoms with Crippen molar-refractivity contribution in [3.05, 3.63) is 23.3 Å². The summed E-state index contributed by atoms with van der Waals surface area (Å²) in [5, 5.41) is 0. The van der Waals surface area contributed by atoms with Crippen molar-refractivity contribution in [2.75, 3.05) is 14.1 Å². The van der Waals surface area contributed by atoms with E-state index in [1.54, 1.807) is 11.1 Å². The summed E-state index contributed by atoms with van der Waals surface area (Å²) >= 11 is 0. The zero-order valence-corrected chi connectivity index (χ0v) is 13.1. The lowest BCUT2D eigenvalue weighted by Gasteiger charge is -2.40. The van der Waals surface area contributed by atoms with Gasteiger partial charge in [0.05, 0.1) is 0 Å². The third-order valence-electron chi connectivity index (χ3n) is 4.73. The molecule has 0 aromatic rings. The number of allylic oxidation sites excluding steroid dienone is 4. The van der Waals surface area contributed by atoms with Crippen LogP contribution in [0.5, 0.6) is 0 Å². The molecule has 0 aromatic heterocycles. The molecule has 3 rings (SSSR count). The van der Waals surface area contributed by atoms with Crippen molar-refractivity contribution in [3.63, 3.8) is 0 Å². The molecule has 3 aliphatic rings. The Morgan fingerprint density at radius 3 is 2.53 bits per heavy atom. The average Bonchev–Trinajstić information content (AvgIpc) is 2.14. The zero-order chi connectivity index (χ0) is 12.6. The van der Waals surface area contributed by atoms with E-state index in [0.29, 0.717) is 0 Å². The summed E-state index contributed by atoms with van der Waals surface area (Å²) in [6.45, 7) is 7.24. The third-order valence-corrected chi connectivity index (χ3v) is 8.57. The second-order valence-corrected chi connectivity index (χ2v) is 11.7. The molecule has 0 aliphatic heterocycles. The fourth-order valence-corrected chi connectivity index (χ4v) is 4.81. The first-order valence-electron chi connectivity index (χ1n) is 6.93. The first-order chi connectivity index (χ1) is 7.88. The van der Waals surface area contributed by atoms with Crippen LogP contribution in [0.1, 0.15) is 26.2 Å². The lowest BCUT2D eigenvalue weighted by atomic mass is 9.65. The third kappa shape index (κ3) is 2.91. The van der Waals surface area contributed by atoms with Crippen LogP contribution in [0.2, 0.25) is 19.1 Å². The topological polar surface area (TPSA) is 3.24 Å². The molecule has 0 spiro atoms. The summed E-state index contributed by atoms with van der Waals surface area (Å²) in [7, 11) is 3.26. The van der Waals surface area contributed by atoms with Gasteiger partial charge in [0.25, 0.3) is 0 Å². The Labute approximate surface area is 108 Å². The van der Waals surface area contributed by atoms with E-state index in [2.05, 4.69) is 50.8 Å². The van der Waals surface area contributed by atoms with E-state index in [4.69, 9.17) is 0 Å². The summed E-state index contributed by atoms with van der Waals surface area (Å²) in [6.07, 6.45) is 9.26. The summed E-state index contributed by atoms with van der Waals surface area (Å²) in [4.78, 5) is 0. The van der Waals surface area contributed by atoms with Gasteiger partial charge in [-0.1, -0.05) is 30.8 Å². The Morgan fingerprint density at radius 1 is 1.41 bits per heavy atom. The zero-order valence-electron chi connectivity index (χ0n) is 12.1. The maximum atomic E-state index is 2.50. The second kappa shape index (κ2) is 4.73. The first kappa shape index (κ1) is 13.1. The minimum Gasteiger partial charge on any atom is -0.329 e.